The molecule has 2 N–H and O–H groups in total. The average molecular weight is 346 g/mol. The molecule has 0 radical (unpaired) electrons. The lowest BCUT2D eigenvalue weighted by Crippen LogP contribution is -2.43. The molecule has 0 saturated carbocycles. The average Bonchev–Trinajstić information content (AvgIpc) is 2.81. The molecule has 2 amide bonds. The Morgan fingerprint density at radius 3 is 2.64 bits per heavy atom. The van der Waals surface area contributed by atoms with E-state index in [1.165, 1.54) is 16.9 Å². The fourth-order valence-corrected chi connectivity index (χ4v) is 1.77. The highest BCUT2D eigenvalue weighted by molar-refractivity contribution is 7.90. The largest absolute Gasteiger partial charge is 0.332 e. The second-order valence-corrected chi connectivity index (χ2v) is 6.72. The molecule has 0 atom stereocenters. The van der Waals surface area contributed by atoms with Crippen molar-refractivity contribution in [2.24, 2.45) is 0 Å². The topological polar surface area (TPSA) is 93.1 Å². The molecule has 0 saturated heterocycles. The van der Waals surface area contributed by atoms with E-state index < -0.39 is 34.8 Å². The lowest BCUT2D eigenvalue weighted by Gasteiger charge is -2.15. The summed E-state index contributed by atoms with van der Waals surface area (Å²) in [6.07, 6.45) is -1.47. The second-order valence-electron chi connectivity index (χ2n) is 4.46. The van der Waals surface area contributed by atoms with Crippen LogP contribution in [0.5, 0.6) is 0 Å². The van der Waals surface area contributed by atoms with Gasteiger partial charge in [-0.25, -0.2) is 22.0 Å². The highest BCUT2D eigenvalue weighted by atomic mass is 32.2. The Balaban J connectivity index is 2.47. The maximum Gasteiger partial charge on any atom is 0.324 e. The van der Waals surface area contributed by atoms with Crippen LogP contribution in [-0.4, -0.2) is 55.1 Å². The van der Waals surface area contributed by atoms with Crippen LogP contribution >= 0.6 is 0 Å². The summed E-state index contributed by atoms with van der Waals surface area (Å²) in [5.74, 6) is -4.53. The number of alkyl halides is 4. The van der Waals surface area contributed by atoms with Crippen LogP contribution in [0.2, 0.25) is 0 Å². The summed E-state index contributed by atoms with van der Waals surface area (Å²) in [5, 5.41) is 7.43. The number of nitrogens with zero attached hydrogens (tertiary/aromatic N) is 2. The summed E-state index contributed by atoms with van der Waals surface area (Å²) >= 11 is 0. The number of halogens is 4. The fourth-order valence-electron chi connectivity index (χ4n) is 1.25. The number of carbonyl (C=O) groups is 1. The number of sulfone groups is 1. The van der Waals surface area contributed by atoms with Crippen molar-refractivity contribution in [2.75, 3.05) is 23.9 Å². The molecule has 0 aliphatic heterocycles. The van der Waals surface area contributed by atoms with Crippen molar-refractivity contribution in [3.8, 4) is 0 Å². The molecule has 0 unspecified atom stereocenters. The van der Waals surface area contributed by atoms with Gasteiger partial charge in [0.05, 0.1) is 18.8 Å². The fraction of sp³-hybridized carbons (Fsp3) is 0.600. The molecule has 0 spiro atoms. The Morgan fingerprint density at radius 2 is 2.09 bits per heavy atom. The van der Waals surface area contributed by atoms with Crippen LogP contribution in [0, 0.1) is 0 Å². The van der Waals surface area contributed by atoms with Crippen molar-refractivity contribution in [1.29, 1.82) is 0 Å². The van der Waals surface area contributed by atoms with Gasteiger partial charge in [-0.05, 0) is 0 Å². The summed E-state index contributed by atoms with van der Waals surface area (Å²) in [4.78, 5) is 11.3. The summed E-state index contributed by atoms with van der Waals surface area (Å²) in [5.41, 5.74) is 0. The molecule has 1 rings (SSSR count). The molecular formula is C10H14F4N4O3S. The van der Waals surface area contributed by atoms with Gasteiger partial charge in [0.25, 0.3) is 0 Å². The Labute approximate surface area is 123 Å². The number of nitrogens with one attached hydrogen (secondary N) is 2. The third kappa shape index (κ3) is 6.28. The van der Waals surface area contributed by atoms with Gasteiger partial charge >= 0.3 is 18.4 Å². The maximum atomic E-state index is 12.6. The van der Waals surface area contributed by atoms with Gasteiger partial charge in [0.2, 0.25) is 0 Å². The first kappa shape index (κ1) is 18.2. The first-order chi connectivity index (χ1) is 9.99. The van der Waals surface area contributed by atoms with Crippen LogP contribution in [0.15, 0.2) is 12.3 Å². The molecule has 1 aromatic heterocycles. The van der Waals surface area contributed by atoms with Crippen LogP contribution in [0.4, 0.5) is 28.2 Å². The standard InChI is InChI=1S/C10H14F4N4O3S/c1-22(20,21)5-4-18-3-2-7(17-18)16-9(19)15-6-10(13,14)8(11)12/h2-3,8H,4-6H2,1H3,(H2,15,16,17,19). The van der Waals surface area contributed by atoms with Gasteiger partial charge < -0.3 is 5.32 Å². The Kier molecular flexibility index (Phi) is 5.74. The lowest BCUT2D eigenvalue weighted by molar-refractivity contribution is -0.123. The van der Waals surface area contributed by atoms with Gasteiger partial charge in [0.15, 0.2) is 5.82 Å². The monoisotopic (exact) mass is 346 g/mol. The molecule has 0 aliphatic rings. The van der Waals surface area contributed by atoms with Crippen molar-refractivity contribution in [3.05, 3.63) is 12.3 Å². The maximum absolute atomic E-state index is 12.6. The quantitative estimate of drug-likeness (QED) is 0.719. The first-order valence-corrected chi connectivity index (χ1v) is 7.98. The number of hydrogen-bond acceptors (Lipinski definition) is 4. The molecule has 0 aliphatic carbocycles. The van der Waals surface area contributed by atoms with E-state index in [0.717, 1.165) is 6.26 Å². The third-order valence-electron chi connectivity index (χ3n) is 2.38. The molecule has 1 heterocycles. The summed E-state index contributed by atoms with van der Waals surface area (Å²) < 4.78 is 72.1. The van der Waals surface area contributed by atoms with Crippen molar-refractivity contribution in [2.45, 2.75) is 18.9 Å². The van der Waals surface area contributed by atoms with Crippen LogP contribution in [0.3, 0.4) is 0 Å². The van der Waals surface area contributed by atoms with Crippen LogP contribution in [0.25, 0.3) is 0 Å². The van der Waals surface area contributed by atoms with E-state index in [4.69, 9.17) is 0 Å². The number of rotatable bonds is 7. The van der Waals surface area contributed by atoms with Crippen molar-refractivity contribution in [1.82, 2.24) is 15.1 Å². The molecule has 1 aromatic rings. The van der Waals surface area contributed by atoms with Gasteiger partial charge in [-0.15, -0.1) is 0 Å². The number of anilines is 1. The highest BCUT2D eigenvalue weighted by Gasteiger charge is 2.40. The zero-order valence-electron chi connectivity index (χ0n) is 11.4. The van der Waals surface area contributed by atoms with Gasteiger partial charge in [0.1, 0.15) is 9.84 Å². The minimum absolute atomic E-state index is 0.0358. The predicted molar refractivity (Wildman–Crippen MR) is 69.9 cm³/mol. The Hall–Kier alpha value is -1.85. The van der Waals surface area contributed by atoms with Gasteiger partial charge in [-0.2, -0.15) is 13.9 Å². The lowest BCUT2D eigenvalue weighted by atomic mass is 10.3. The van der Waals surface area contributed by atoms with Crippen molar-refractivity contribution in [3.63, 3.8) is 0 Å². The van der Waals surface area contributed by atoms with E-state index in [-0.39, 0.29) is 18.1 Å². The second kappa shape index (κ2) is 6.94. The first-order valence-electron chi connectivity index (χ1n) is 5.91. The van der Waals surface area contributed by atoms with E-state index in [1.54, 1.807) is 5.32 Å². The van der Waals surface area contributed by atoms with Crippen LogP contribution < -0.4 is 10.6 Å². The van der Waals surface area contributed by atoms with Crippen LogP contribution in [-0.2, 0) is 16.4 Å². The predicted octanol–water partition coefficient (Wildman–Crippen LogP) is 0.950. The third-order valence-corrected chi connectivity index (χ3v) is 3.30. The number of urea groups is 1. The van der Waals surface area contributed by atoms with Gasteiger partial charge in [-0.3, -0.25) is 10.00 Å². The van der Waals surface area contributed by atoms with Gasteiger partial charge in [0, 0.05) is 18.5 Å². The Bertz CT molecular complexity index is 617. The van der Waals surface area contributed by atoms with Crippen molar-refractivity contribution >= 4 is 21.7 Å². The number of carbonyl (C=O) groups excluding carboxylic acids is 1. The molecule has 12 heteroatoms. The molecule has 0 fully saturated rings. The van der Waals surface area contributed by atoms with E-state index in [1.807, 2.05) is 0 Å². The van der Waals surface area contributed by atoms with E-state index >= 15 is 0 Å². The molecular weight excluding hydrogens is 332 g/mol. The SMILES string of the molecule is CS(=O)(=O)CCn1ccc(NC(=O)NCC(F)(F)C(F)F)n1. The molecule has 0 bridgehead atoms. The Morgan fingerprint density at radius 1 is 1.45 bits per heavy atom. The number of amides is 2. The summed E-state index contributed by atoms with van der Waals surface area (Å²) in [7, 11) is -3.18. The molecule has 22 heavy (non-hydrogen) atoms. The number of aromatic nitrogens is 2. The summed E-state index contributed by atoms with van der Waals surface area (Å²) in [6, 6.07) is 0.168. The smallest absolute Gasteiger partial charge is 0.324 e. The zero-order valence-corrected chi connectivity index (χ0v) is 12.2. The minimum atomic E-state index is -4.33. The normalized spacial score (nSPS) is 12.5. The van der Waals surface area contributed by atoms with E-state index in [0.29, 0.717) is 0 Å². The zero-order chi connectivity index (χ0) is 17.0. The number of aryl methyl sites for hydroxylation is 1. The van der Waals surface area contributed by atoms with Crippen molar-refractivity contribution < 1.29 is 30.8 Å². The minimum Gasteiger partial charge on any atom is -0.332 e. The highest BCUT2D eigenvalue weighted by Crippen LogP contribution is 2.21. The number of hydrogen-bond donors (Lipinski definition) is 2. The van der Waals surface area contributed by atoms with E-state index in [2.05, 4.69) is 10.4 Å². The van der Waals surface area contributed by atoms with Gasteiger partial charge in [-0.1, -0.05) is 0 Å². The summed E-state index contributed by atoms with van der Waals surface area (Å²) in [6.45, 7) is -1.48. The molecule has 0 aromatic carbocycles. The van der Waals surface area contributed by atoms with Crippen LogP contribution in [0.1, 0.15) is 0 Å². The van der Waals surface area contributed by atoms with E-state index in [9.17, 15) is 30.8 Å². The molecule has 126 valence electrons. The molecule has 7 nitrogen and oxygen atoms in total.